The van der Waals surface area contributed by atoms with Gasteiger partial charge in [0.15, 0.2) is 0 Å². The van der Waals surface area contributed by atoms with E-state index in [1.807, 2.05) is 6.92 Å². The third-order valence-electron chi connectivity index (χ3n) is 2.66. The fourth-order valence-electron chi connectivity index (χ4n) is 1.36. The SMILES string of the molecule is CCC(C)OCCOCCNC(=O)c1cccnc1. The molecule has 0 saturated carbocycles. The number of hydrogen-bond acceptors (Lipinski definition) is 4. The minimum atomic E-state index is -0.132. The lowest BCUT2D eigenvalue weighted by Gasteiger charge is -2.10. The van der Waals surface area contributed by atoms with E-state index < -0.39 is 0 Å². The molecule has 0 saturated heterocycles. The third-order valence-corrected chi connectivity index (χ3v) is 2.66. The molecular weight excluding hydrogens is 244 g/mol. The van der Waals surface area contributed by atoms with Crippen LogP contribution in [0.4, 0.5) is 0 Å². The zero-order chi connectivity index (χ0) is 13.9. The van der Waals surface area contributed by atoms with Crippen LogP contribution in [0.3, 0.4) is 0 Å². The Morgan fingerprint density at radius 3 is 2.95 bits per heavy atom. The summed E-state index contributed by atoms with van der Waals surface area (Å²) in [5.41, 5.74) is 0.558. The molecule has 1 rings (SSSR count). The van der Waals surface area contributed by atoms with Gasteiger partial charge in [-0.2, -0.15) is 0 Å². The van der Waals surface area contributed by atoms with Crippen LogP contribution in [0.1, 0.15) is 30.6 Å². The van der Waals surface area contributed by atoms with Gasteiger partial charge in [0.25, 0.3) is 5.91 Å². The Morgan fingerprint density at radius 2 is 2.26 bits per heavy atom. The first-order chi connectivity index (χ1) is 9.24. The molecule has 5 nitrogen and oxygen atoms in total. The van der Waals surface area contributed by atoms with Gasteiger partial charge >= 0.3 is 0 Å². The fraction of sp³-hybridized carbons (Fsp3) is 0.571. The smallest absolute Gasteiger partial charge is 0.252 e. The zero-order valence-electron chi connectivity index (χ0n) is 11.6. The number of hydrogen-bond donors (Lipinski definition) is 1. The molecular formula is C14H22N2O3. The molecule has 19 heavy (non-hydrogen) atoms. The van der Waals surface area contributed by atoms with Gasteiger partial charge in [-0.05, 0) is 25.5 Å². The number of nitrogens with zero attached hydrogens (tertiary/aromatic N) is 1. The molecule has 0 radical (unpaired) electrons. The number of carbonyl (C=O) groups excluding carboxylic acids is 1. The van der Waals surface area contributed by atoms with Gasteiger partial charge in [0.05, 0.1) is 31.5 Å². The molecule has 1 heterocycles. The van der Waals surface area contributed by atoms with Crippen LogP contribution in [-0.2, 0) is 9.47 Å². The highest BCUT2D eigenvalue weighted by molar-refractivity contribution is 5.93. The maximum atomic E-state index is 11.6. The Bertz CT molecular complexity index is 357. The average Bonchev–Trinajstić information content (AvgIpc) is 2.46. The van der Waals surface area contributed by atoms with Crippen molar-refractivity contribution in [2.24, 2.45) is 0 Å². The van der Waals surface area contributed by atoms with Crippen LogP contribution in [0, 0.1) is 0 Å². The molecule has 0 aliphatic carbocycles. The monoisotopic (exact) mass is 266 g/mol. The van der Waals surface area contributed by atoms with Crippen molar-refractivity contribution in [2.75, 3.05) is 26.4 Å². The number of aromatic nitrogens is 1. The van der Waals surface area contributed by atoms with E-state index in [1.165, 1.54) is 6.20 Å². The molecule has 106 valence electrons. The highest BCUT2D eigenvalue weighted by Crippen LogP contribution is 1.95. The highest BCUT2D eigenvalue weighted by Gasteiger charge is 2.03. The molecule has 0 aromatic carbocycles. The highest BCUT2D eigenvalue weighted by atomic mass is 16.5. The quantitative estimate of drug-likeness (QED) is 0.690. The lowest BCUT2D eigenvalue weighted by atomic mass is 10.3. The summed E-state index contributed by atoms with van der Waals surface area (Å²) < 4.78 is 10.8. The zero-order valence-corrected chi connectivity index (χ0v) is 11.6. The molecule has 1 aromatic heterocycles. The predicted molar refractivity (Wildman–Crippen MR) is 73.1 cm³/mol. The Labute approximate surface area is 114 Å². The van der Waals surface area contributed by atoms with Gasteiger partial charge in [0.1, 0.15) is 0 Å². The molecule has 0 aliphatic heterocycles. The van der Waals surface area contributed by atoms with Gasteiger partial charge in [-0.3, -0.25) is 9.78 Å². The van der Waals surface area contributed by atoms with Gasteiger partial charge < -0.3 is 14.8 Å². The Hall–Kier alpha value is -1.46. The van der Waals surface area contributed by atoms with Crippen LogP contribution in [0.5, 0.6) is 0 Å². The number of carbonyl (C=O) groups is 1. The van der Waals surface area contributed by atoms with Crippen LogP contribution in [0.2, 0.25) is 0 Å². The van der Waals surface area contributed by atoms with Crippen molar-refractivity contribution in [3.05, 3.63) is 30.1 Å². The minimum Gasteiger partial charge on any atom is -0.377 e. The van der Waals surface area contributed by atoms with Gasteiger partial charge in [-0.1, -0.05) is 6.92 Å². The van der Waals surface area contributed by atoms with Crippen molar-refractivity contribution in [2.45, 2.75) is 26.4 Å². The number of amides is 1. The molecule has 0 aliphatic rings. The van der Waals surface area contributed by atoms with Crippen LogP contribution in [0.15, 0.2) is 24.5 Å². The van der Waals surface area contributed by atoms with Crippen LogP contribution >= 0.6 is 0 Å². The van der Waals surface area contributed by atoms with Crippen LogP contribution in [0.25, 0.3) is 0 Å². The Morgan fingerprint density at radius 1 is 1.42 bits per heavy atom. The molecule has 1 amide bonds. The second-order valence-corrected chi connectivity index (χ2v) is 4.20. The summed E-state index contributed by atoms with van der Waals surface area (Å²) in [7, 11) is 0. The Balaban J connectivity index is 2.01. The van der Waals surface area contributed by atoms with E-state index in [2.05, 4.69) is 17.2 Å². The van der Waals surface area contributed by atoms with Gasteiger partial charge in [-0.15, -0.1) is 0 Å². The van der Waals surface area contributed by atoms with E-state index in [0.717, 1.165) is 6.42 Å². The van der Waals surface area contributed by atoms with Crippen molar-refractivity contribution >= 4 is 5.91 Å². The van der Waals surface area contributed by atoms with Gasteiger partial charge in [-0.25, -0.2) is 0 Å². The van der Waals surface area contributed by atoms with Crippen molar-refractivity contribution in [1.82, 2.24) is 10.3 Å². The largest absolute Gasteiger partial charge is 0.377 e. The molecule has 0 fully saturated rings. The van der Waals surface area contributed by atoms with Gasteiger partial charge in [0.2, 0.25) is 0 Å². The number of ether oxygens (including phenoxy) is 2. The summed E-state index contributed by atoms with van der Waals surface area (Å²) >= 11 is 0. The van der Waals surface area contributed by atoms with E-state index >= 15 is 0 Å². The van der Waals surface area contributed by atoms with E-state index in [1.54, 1.807) is 18.3 Å². The van der Waals surface area contributed by atoms with Crippen molar-refractivity contribution in [3.8, 4) is 0 Å². The molecule has 1 N–H and O–H groups in total. The average molecular weight is 266 g/mol. The Kier molecular flexibility index (Phi) is 7.77. The summed E-state index contributed by atoms with van der Waals surface area (Å²) in [6, 6.07) is 3.46. The minimum absolute atomic E-state index is 0.132. The molecule has 1 aromatic rings. The lowest BCUT2D eigenvalue weighted by molar-refractivity contribution is 0.0119. The normalized spacial score (nSPS) is 12.1. The first kappa shape index (κ1) is 15.6. The molecule has 1 atom stereocenters. The number of rotatable bonds is 9. The summed E-state index contributed by atoms with van der Waals surface area (Å²) in [6.07, 6.45) is 4.45. The van der Waals surface area contributed by atoms with Crippen LogP contribution in [-0.4, -0.2) is 43.4 Å². The predicted octanol–water partition coefficient (Wildman–Crippen LogP) is 1.64. The second kappa shape index (κ2) is 9.47. The first-order valence-electron chi connectivity index (χ1n) is 6.61. The molecule has 0 spiro atoms. The molecule has 0 bridgehead atoms. The third kappa shape index (κ3) is 6.88. The topological polar surface area (TPSA) is 60.5 Å². The van der Waals surface area contributed by atoms with Gasteiger partial charge in [0, 0.05) is 18.9 Å². The van der Waals surface area contributed by atoms with Crippen molar-refractivity contribution in [1.29, 1.82) is 0 Å². The first-order valence-corrected chi connectivity index (χ1v) is 6.61. The summed E-state index contributed by atoms with van der Waals surface area (Å²) in [5.74, 6) is -0.132. The van der Waals surface area contributed by atoms with E-state index in [-0.39, 0.29) is 12.0 Å². The molecule has 5 heteroatoms. The second-order valence-electron chi connectivity index (χ2n) is 4.20. The van der Waals surface area contributed by atoms with E-state index in [9.17, 15) is 4.79 Å². The summed E-state index contributed by atoms with van der Waals surface area (Å²) in [4.78, 5) is 15.5. The van der Waals surface area contributed by atoms with Crippen LogP contribution < -0.4 is 5.32 Å². The standard InChI is InChI=1S/C14H22N2O3/c1-3-12(2)19-10-9-18-8-7-16-14(17)13-5-4-6-15-11-13/h4-6,11-12H,3,7-10H2,1-2H3,(H,16,17). The van der Waals surface area contributed by atoms with Crippen molar-refractivity contribution in [3.63, 3.8) is 0 Å². The number of nitrogens with one attached hydrogen (secondary N) is 1. The maximum Gasteiger partial charge on any atom is 0.252 e. The van der Waals surface area contributed by atoms with E-state index in [0.29, 0.717) is 31.9 Å². The molecule has 1 unspecified atom stereocenters. The maximum absolute atomic E-state index is 11.6. The fourth-order valence-corrected chi connectivity index (χ4v) is 1.36. The number of pyridine rings is 1. The van der Waals surface area contributed by atoms with Crippen molar-refractivity contribution < 1.29 is 14.3 Å². The summed E-state index contributed by atoms with van der Waals surface area (Å²) in [6.45, 7) is 6.22. The summed E-state index contributed by atoms with van der Waals surface area (Å²) in [5, 5.41) is 2.77. The van der Waals surface area contributed by atoms with E-state index in [4.69, 9.17) is 9.47 Å². The lowest BCUT2D eigenvalue weighted by Crippen LogP contribution is -2.27.